The number of nitrogens with zero attached hydrogens (tertiary/aromatic N) is 2. The Morgan fingerprint density at radius 3 is 2.81 bits per heavy atom. The number of nitrogen functional groups attached to an aromatic ring is 1. The molecule has 2 rings (SSSR count). The van der Waals surface area contributed by atoms with Gasteiger partial charge in [0.15, 0.2) is 0 Å². The molecule has 2 heterocycles. The lowest BCUT2D eigenvalue weighted by atomic mass is 10.1. The first kappa shape index (κ1) is 15.4. The van der Waals surface area contributed by atoms with Crippen LogP contribution in [0.2, 0.25) is 0 Å². The van der Waals surface area contributed by atoms with Gasteiger partial charge in [-0.1, -0.05) is 6.08 Å². The van der Waals surface area contributed by atoms with E-state index in [1.807, 2.05) is 0 Å². The van der Waals surface area contributed by atoms with Crippen LogP contribution in [-0.4, -0.2) is 31.6 Å². The quantitative estimate of drug-likeness (QED) is 0.720. The summed E-state index contributed by atoms with van der Waals surface area (Å²) >= 11 is 1.27. The van der Waals surface area contributed by atoms with Crippen molar-refractivity contribution in [3.63, 3.8) is 0 Å². The van der Waals surface area contributed by atoms with Gasteiger partial charge in [-0.3, -0.25) is 4.79 Å². The first-order chi connectivity index (χ1) is 10.1. The van der Waals surface area contributed by atoms with E-state index in [4.69, 9.17) is 11.5 Å². The maximum Gasteiger partial charge on any atom is 0.263 e. The topological polar surface area (TPSA) is 108 Å². The van der Waals surface area contributed by atoms with E-state index in [1.54, 1.807) is 6.08 Å². The van der Waals surface area contributed by atoms with E-state index in [0.717, 1.165) is 30.9 Å². The number of carbonyl (C=O) groups excluding carboxylic acids is 1. The Labute approximate surface area is 128 Å². The summed E-state index contributed by atoms with van der Waals surface area (Å²) in [6.45, 7) is 5.48. The van der Waals surface area contributed by atoms with Crippen molar-refractivity contribution in [2.75, 3.05) is 30.3 Å². The molecule has 21 heavy (non-hydrogen) atoms. The van der Waals surface area contributed by atoms with Crippen LogP contribution in [0.5, 0.6) is 0 Å². The summed E-state index contributed by atoms with van der Waals surface area (Å²) < 4.78 is 0. The molecule has 0 spiro atoms. The molecule has 6 nitrogen and oxygen atoms in total. The van der Waals surface area contributed by atoms with Gasteiger partial charge >= 0.3 is 0 Å². The van der Waals surface area contributed by atoms with Crippen LogP contribution in [0.25, 0.3) is 0 Å². The SMILES string of the molecule is C=CCNC(=O)c1sc(N2CCC(N)CC2)c(C#N)c1N. The van der Waals surface area contributed by atoms with Crippen LogP contribution < -0.4 is 21.7 Å². The number of thiophene rings is 1. The van der Waals surface area contributed by atoms with Crippen molar-refractivity contribution in [1.29, 1.82) is 5.26 Å². The van der Waals surface area contributed by atoms with Crippen molar-refractivity contribution in [1.82, 2.24) is 5.32 Å². The van der Waals surface area contributed by atoms with E-state index in [9.17, 15) is 10.1 Å². The predicted octanol–water partition coefficient (Wildman–Crippen LogP) is 1.05. The Morgan fingerprint density at radius 2 is 2.24 bits per heavy atom. The molecule has 0 bridgehead atoms. The van der Waals surface area contributed by atoms with Crippen molar-refractivity contribution in [3.05, 3.63) is 23.1 Å². The molecular weight excluding hydrogens is 286 g/mol. The van der Waals surface area contributed by atoms with Crippen molar-refractivity contribution in [3.8, 4) is 6.07 Å². The predicted molar refractivity (Wildman–Crippen MR) is 85.4 cm³/mol. The van der Waals surface area contributed by atoms with E-state index in [-0.39, 0.29) is 17.6 Å². The molecule has 0 atom stereocenters. The van der Waals surface area contributed by atoms with Crippen LogP contribution >= 0.6 is 11.3 Å². The average Bonchev–Trinajstić information content (AvgIpc) is 2.82. The van der Waals surface area contributed by atoms with Gasteiger partial charge in [-0.2, -0.15) is 5.26 Å². The minimum Gasteiger partial charge on any atom is -0.396 e. The van der Waals surface area contributed by atoms with E-state index in [1.165, 1.54) is 11.3 Å². The first-order valence-corrected chi connectivity index (χ1v) is 7.62. The van der Waals surface area contributed by atoms with Gasteiger partial charge in [0.2, 0.25) is 0 Å². The molecule has 1 amide bonds. The first-order valence-electron chi connectivity index (χ1n) is 6.80. The summed E-state index contributed by atoms with van der Waals surface area (Å²) in [7, 11) is 0. The Kier molecular flexibility index (Phi) is 4.83. The van der Waals surface area contributed by atoms with Gasteiger partial charge < -0.3 is 21.7 Å². The fourth-order valence-electron chi connectivity index (χ4n) is 2.28. The second-order valence-electron chi connectivity index (χ2n) is 4.96. The number of amides is 1. The van der Waals surface area contributed by atoms with Gasteiger partial charge in [0.25, 0.3) is 5.91 Å². The van der Waals surface area contributed by atoms with Gasteiger partial charge in [-0.15, -0.1) is 17.9 Å². The lowest BCUT2D eigenvalue weighted by Gasteiger charge is -2.31. The summed E-state index contributed by atoms with van der Waals surface area (Å²) in [5.41, 5.74) is 12.5. The molecule has 112 valence electrons. The minimum absolute atomic E-state index is 0.208. The lowest BCUT2D eigenvalue weighted by Crippen LogP contribution is -2.39. The largest absolute Gasteiger partial charge is 0.396 e. The van der Waals surface area contributed by atoms with Crippen LogP contribution in [0, 0.1) is 11.3 Å². The second kappa shape index (κ2) is 6.61. The minimum atomic E-state index is -0.270. The lowest BCUT2D eigenvalue weighted by molar-refractivity contribution is 0.0963. The van der Waals surface area contributed by atoms with Gasteiger partial charge in [0.1, 0.15) is 21.5 Å². The zero-order chi connectivity index (χ0) is 15.4. The van der Waals surface area contributed by atoms with Gasteiger partial charge in [0.05, 0.1) is 5.69 Å². The maximum absolute atomic E-state index is 12.1. The smallest absolute Gasteiger partial charge is 0.263 e. The number of hydrogen-bond donors (Lipinski definition) is 3. The number of nitrogens with two attached hydrogens (primary N) is 2. The fraction of sp³-hybridized carbons (Fsp3) is 0.429. The van der Waals surface area contributed by atoms with Crippen molar-refractivity contribution in [2.45, 2.75) is 18.9 Å². The Balaban J connectivity index is 2.28. The zero-order valence-corrected chi connectivity index (χ0v) is 12.6. The molecular formula is C14H19N5OS. The normalized spacial score (nSPS) is 15.5. The third-order valence-corrected chi connectivity index (χ3v) is 4.74. The highest BCUT2D eigenvalue weighted by atomic mass is 32.1. The number of hydrogen-bond acceptors (Lipinski definition) is 6. The number of piperidine rings is 1. The Hall–Kier alpha value is -2.04. The zero-order valence-electron chi connectivity index (χ0n) is 11.8. The summed E-state index contributed by atoms with van der Waals surface area (Å²) in [4.78, 5) is 14.5. The van der Waals surface area contributed by atoms with Gasteiger partial charge in [-0.05, 0) is 12.8 Å². The summed E-state index contributed by atoms with van der Waals surface area (Å²) in [5.74, 6) is -0.270. The Morgan fingerprint density at radius 1 is 1.57 bits per heavy atom. The molecule has 0 unspecified atom stereocenters. The van der Waals surface area contributed by atoms with Crippen LogP contribution in [0.1, 0.15) is 28.1 Å². The molecule has 1 aliphatic rings. The highest BCUT2D eigenvalue weighted by Crippen LogP contribution is 2.38. The number of rotatable bonds is 4. The van der Waals surface area contributed by atoms with Crippen LogP contribution in [0.3, 0.4) is 0 Å². The highest BCUT2D eigenvalue weighted by Gasteiger charge is 2.26. The third kappa shape index (κ3) is 3.17. The molecule has 1 aromatic heterocycles. The van der Waals surface area contributed by atoms with E-state index in [2.05, 4.69) is 22.9 Å². The molecule has 1 aromatic rings. The summed E-state index contributed by atoms with van der Waals surface area (Å²) in [6.07, 6.45) is 3.35. The third-order valence-electron chi connectivity index (χ3n) is 3.48. The second-order valence-corrected chi connectivity index (χ2v) is 5.96. The standard InChI is InChI=1S/C14H19N5OS/c1-2-5-18-13(20)12-11(17)10(8-15)14(21-12)19-6-3-9(16)4-7-19/h2,9H,1,3-7,16-17H2,(H,18,20). The number of nitriles is 1. The molecule has 0 aromatic carbocycles. The van der Waals surface area contributed by atoms with Gasteiger partial charge in [0, 0.05) is 25.7 Å². The maximum atomic E-state index is 12.1. The number of nitrogens with one attached hydrogen (secondary N) is 1. The molecule has 0 saturated carbocycles. The average molecular weight is 305 g/mol. The molecule has 1 fully saturated rings. The van der Waals surface area contributed by atoms with Crippen molar-refractivity contribution < 1.29 is 4.79 Å². The molecule has 0 aliphatic carbocycles. The fourth-order valence-corrected chi connectivity index (χ4v) is 3.42. The molecule has 1 saturated heterocycles. The number of anilines is 2. The summed E-state index contributed by atoms with van der Waals surface area (Å²) in [6, 6.07) is 2.32. The van der Waals surface area contributed by atoms with E-state index in [0.29, 0.717) is 17.0 Å². The van der Waals surface area contributed by atoms with Crippen molar-refractivity contribution >= 4 is 27.9 Å². The van der Waals surface area contributed by atoms with Crippen LogP contribution in [0.15, 0.2) is 12.7 Å². The van der Waals surface area contributed by atoms with Crippen molar-refractivity contribution in [2.24, 2.45) is 5.73 Å². The molecule has 5 N–H and O–H groups in total. The van der Waals surface area contributed by atoms with Crippen LogP contribution in [0.4, 0.5) is 10.7 Å². The molecule has 0 radical (unpaired) electrons. The number of carbonyl (C=O) groups is 1. The highest BCUT2D eigenvalue weighted by molar-refractivity contribution is 7.19. The van der Waals surface area contributed by atoms with E-state index < -0.39 is 0 Å². The van der Waals surface area contributed by atoms with Gasteiger partial charge in [-0.25, -0.2) is 0 Å². The van der Waals surface area contributed by atoms with Crippen LogP contribution in [-0.2, 0) is 0 Å². The monoisotopic (exact) mass is 305 g/mol. The summed E-state index contributed by atoms with van der Waals surface area (Å²) in [5, 5.41) is 12.8. The molecule has 1 aliphatic heterocycles. The Bertz CT molecular complexity index is 581. The van der Waals surface area contributed by atoms with E-state index >= 15 is 0 Å². The molecule has 7 heteroatoms.